The van der Waals surface area contributed by atoms with Gasteiger partial charge < -0.3 is 14.2 Å². The molecule has 124 valence electrons. The minimum atomic E-state index is -0.725. The van der Waals surface area contributed by atoms with Crippen LogP contribution in [0, 0.1) is 0 Å². The molecule has 2 aromatic carbocycles. The van der Waals surface area contributed by atoms with E-state index in [4.69, 9.17) is 14.2 Å². The van der Waals surface area contributed by atoms with Crippen molar-refractivity contribution in [2.24, 2.45) is 5.10 Å². The lowest BCUT2D eigenvalue weighted by Gasteiger charge is -2.24. The van der Waals surface area contributed by atoms with Gasteiger partial charge in [0, 0.05) is 0 Å². The van der Waals surface area contributed by atoms with Crippen LogP contribution < -0.4 is 19.6 Å². The van der Waals surface area contributed by atoms with Crippen LogP contribution in [0.25, 0.3) is 0 Å². The van der Waals surface area contributed by atoms with Crippen molar-refractivity contribution >= 4 is 12.1 Å². The molecule has 0 radical (unpaired) electrons. The molecule has 2 aromatic rings. The van der Waals surface area contributed by atoms with E-state index in [-0.39, 0.29) is 12.5 Å². The van der Waals surface area contributed by atoms with Gasteiger partial charge in [0.2, 0.25) is 6.10 Å². The van der Waals surface area contributed by atoms with Gasteiger partial charge in [0.15, 0.2) is 11.5 Å². The van der Waals surface area contributed by atoms with Crippen molar-refractivity contribution in [2.75, 3.05) is 13.2 Å². The van der Waals surface area contributed by atoms with Crippen LogP contribution in [-0.4, -0.2) is 31.4 Å². The minimum Gasteiger partial charge on any atom is -0.494 e. The van der Waals surface area contributed by atoms with Crippen LogP contribution in [0.15, 0.2) is 53.6 Å². The van der Waals surface area contributed by atoms with Gasteiger partial charge >= 0.3 is 0 Å². The zero-order valence-corrected chi connectivity index (χ0v) is 13.3. The maximum atomic E-state index is 12.1. The Hall–Kier alpha value is -3.02. The van der Waals surface area contributed by atoms with Crippen molar-refractivity contribution in [3.63, 3.8) is 0 Å². The third kappa shape index (κ3) is 3.84. The average Bonchev–Trinajstić information content (AvgIpc) is 2.63. The largest absolute Gasteiger partial charge is 0.494 e. The first kappa shape index (κ1) is 15.9. The highest BCUT2D eigenvalue weighted by molar-refractivity contribution is 5.85. The Balaban J connectivity index is 1.54. The van der Waals surface area contributed by atoms with E-state index in [0.717, 1.165) is 11.3 Å². The molecule has 1 atom stereocenters. The Morgan fingerprint density at radius 2 is 2.00 bits per heavy atom. The topological polar surface area (TPSA) is 69.2 Å². The molecule has 3 rings (SSSR count). The van der Waals surface area contributed by atoms with E-state index in [0.29, 0.717) is 18.1 Å². The molecule has 6 nitrogen and oxygen atoms in total. The van der Waals surface area contributed by atoms with E-state index in [1.165, 1.54) is 0 Å². The number of carbonyl (C=O) groups excluding carboxylic acids is 1. The number of benzene rings is 2. The Labute approximate surface area is 140 Å². The second-order valence-corrected chi connectivity index (χ2v) is 5.10. The standard InChI is InChI=1S/C18H18N2O4/c1-2-22-14-9-7-13(8-10-14)11-19-20-18(21)17-12-23-15-5-3-4-6-16(15)24-17/h3-11,17H,2,12H2,1H3,(H,20,21). The quantitative estimate of drug-likeness (QED) is 0.676. The summed E-state index contributed by atoms with van der Waals surface area (Å²) in [5.41, 5.74) is 3.32. The summed E-state index contributed by atoms with van der Waals surface area (Å²) in [6.07, 6.45) is 0.836. The molecule has 1 aliphatic rings. The van der Waals surface area contributed by atoms with Gasteiger partial charge in [0.05, 0.1) is 12.8 Å². The Bertz CT molecular complexity index is 728. The molecule has 0 aliphatic carbocycles. The van der Waals surface area contributed by atoms with Crippen LogP contribution in [-0.2, 0) is 4.79 Å². The third-order valence-corrected chi connectivity index (χ3v) is 3.38. The molecule has 0 fully saturated rings. The predicted molar refractivity (Wildman–Crippen MR) is 89.7 cm³/mol. The van der Waals surface area contributed by atoms with Gasteiger partial charge in [-0.2, -0.15) is 5.10 Å². The van der Waals surface area contributed by atoms with Gasteiger partial charge in [-0.25, -0.2) is 5.43 Å². The Kier molecular flexibility index (Phi) is 4.96. The van der Waals surface area contributed by atoms with Gasteiger partial charge in [-0.3, -0.25) is 4.79 Å². The summed E-state index contributed by atoms with van der Waals surface area (Å²) < 4.78 is 16.5. The van der Waals surface area contributed by atoms with E-state index in [9.17, 15) is 4.79 Å². The molecule has 1 N–H and O–H groups in total. The molecule has 1 heterocycles. The molecular formula is C18H18N2O4. The first-order valence-corrected chi connectivity index (χ1v) is 7.70. The van der Waals surface area contributed by atoms with E-state index >= 15 is 0 Å². The second kappa shape index (κ2) is 7.50. The van der Waals surface area contributed by atoms with Crippen molar-refractivity contribution in [3.05, 3.63) is 54.1 Å². The van der Waals surface area contributed by atoms with Crippen molar-refractivity contribution in [3.8, 4) is 17.2 Å². The highest BCUT2D eigenvalue weighted by atomic mass is 16.6. The fraction of sp³-hybridized carbons (Fsp3) is 0.222. The highest BCUT2D eigenvalue weighted by Crippen LogP contribution is 2.30. The molecule has 0 spiro atoms. The summed E-state index contributed by atoms with van der Waals surface area (Å²) >= 11 is 0. The maximum Gasteiger partial charge on any atom is 0.284 e. The smallest absolute Gasteiger partial charge is 0.284 e. The maximum absolute atomic E-state index is 12.1. The fourth-order valence-corrected chi connectivity index (χ4v) is 2.21. The molecule has 0 aromatic heterocycles. The summed E-state index contributed by atoms with van der Waals surface area (Å²) in [4.78, 5) is 12.1. The summed E-state index contributed by atoms with van der Waals surface area (Å²) in [5.74, 6) is 1.63. The van der Waals surface area contributed by atoms with Gasteiger partial charge in [0.25, 0.3) is 5.91 Å². The highest BCUT2D eigenvalue weighted by Gasteiger charge is 2.26. The monoisotopic (exact) mass is 326 g/mol. The molecule has 0 bridgehead atoms. The van der Waals surface area contributed by atoms with Gasteiger partial charge in [-0.15, -0.1) is 0 Å². The van der Waals surface area contributed by atoms with E-state index in [1.54, 1.807) is 18.3 Å². The normalized spacial score (nSPS) is 16.0. The lowest BCUT2D eigenvalue weighted by atomic mass is 10.2. The lowest BCUT2D eigenvalue weighted by molar-refractivity contribution is -0.130. The molecule has 24 heavy (non-hydrogen) atoms. The number of amides is 1. The summed E-state index contributed by atoms with van der Waals surface area (Å²) in [5, 5.41) is 3.95. The Morgan fingerprint density at radius 3 is 2.75 bits per heavy atom. The molecule has 1 amide bonds. The molecule has 1 unspecified atom stereocenters. The van der Waals surface area contributed by atoms with Crippen molar-refractivity contribution in [2.45, 2.75) is 13.0 Å². The number of rotatable bonds is 5. The summed E-state index contributed by atoms with van der Waals surface area (Å²) in [6.45, 7) is 2.71. The summed E-state index contributed by atoms with van der Waals surface area (Å²) in [6, 6.07) is 14.7. The second-order valence-electron chi connectivity index (χ2n) is 5.10. The number of fused-ring (bicyclic) bond motifs is 1. The molecule has 0 saturated carbocycles. The van der Waals surface area contributed by atoms with Gasteiger partial charge in [-0.05, 0) is 48.9 Å². The van der Waals surface area contributed by atoms with Gasteiger partial charge in [-0.1, -0.05) is 12.1 Å². The lowest BCUT2D eigenvalue weighted by Crippen LogP contribution is -2.42. The van der Waals surface area contributed by atoms with E-state index in [2.05, 4.69) is 10.5 Å². The molecule has 1 aliphatic heterocycles. The SMILES string of the molecule is CCOc1ccc(C=NNC(=O)C2COc3ccccc3O2)cc1. The number of carbonyl (C=O) groups is 1. The first-order chi connectivity index (χ1) is 11.8. The van der Waals surface area contributed by atoms with Crippen LogP contribution in [0.1, 0.15) is 12.5 Å². The van der Waals surface area contributed by atoms with E-state index in [1.807, 2.05) is 43.3 Å². The van der Waals surface area contributed by atoms with Gasteiger partial charge in [0.1, 0.15) is 12.4 Å². The predicted octanol–water partition coefficient (Wildman–Crippen LogP) is 2.38. The zero-order chi connectivity index (χ0) is 16.8. The zero-order valence-electron chi connectivity index (χ0n) is 13.3. The molecule has 6 heteroatoms. The number of hydrazone groups is 1. The number of para-hydroxylation sites is 2. The number of ether oxygens (including phenoxy) is 3. The van der Waals surface area contributed by atoms with Crippen molar-refractivity contribution in [1.82, 2.24) is 5.43 Å². The number of nitrogens with one attached hydrogen (secondary N) is 1. The van der Waals surface area contributed by atoms with Crippen LogP contribution in [0.5, 0.6) is 17.2 Å². The number of hydrogen-bond acceptors (Lipinski definition) is 5. The number of nitrogens with zero attached hydrogens (tertiary/aromatic N) is 1. The third-order valence-electron chi connectivity index (χ3n) is 3.38. The first-order valence-electron chi connectivity index (χ1n) is 7.70. The number of hydrogen-bond donors (Lipinski definition) is 1. The average molecular weight is 326 g/mol. The molecular weight excluding hydrogens is 308 g/mol. The van der Waals surface area contributed by atoms with Crippen LogP contribution in [0.3, 0.4) is 0 Å². The molecule has 0 saturated heterocycles. The van der Waals surface area contributed by atoms with Crippen molar-refractivity contribution in [1.29, 1.82) is 0 Å². The van der Waals surface area contributed by atoms with Crippen LogP contribution in [0.4, 0.5) is 0 Å². The fourth-order valence-electron chi connectivity index (χ4n) is 2.21. The Morgan fingerprint density at radius 1 is 1.25 bits per heavy atom. The minimum absolute atomic E-state index is 0.154. The van der Waals surface area contributed by atoms with E-state index < -0.39 is 6.10 Å². The van der Waals surface area contributed by atoms with Crippen LogP contribution >= 0.6 is 0 Å². The van der Waals surface area contributed by atoms with Crippen LogP contribution in [0.2, 0.25) is 0 Å². The van der Waals surface area contributed by atoms with Crippen molar-refractivity contribution < 1.29 is 19.0 Å². The summed E-state index contributed by atoms with van der Waals surface area (Å²) in [7, 11) is 0.